The number of hydrogen-bond donors (Lipinski definition) is 1. The minimum absolute atomic E-state index is 0.216. The standard InChI is InChI=1S/C15H19F2N3/c1-3-4-7-20-11(2)8-15(19-20)18-10-12-9-13(16)5-6-14(12)17/h5-6,8-9H,3-4,7,10H2,1-2H3,(H,18,19). The van der Waals surface area contributed by atoms with E-state index in [1.807, 2.05) is 17.7 Å². The van der Waals surface area contributed by atoms with Crippen molar-refractivity contribution in [3.05, 3.63) is 47.2 Å². The van der Waals surface area contributed by atoms with Crippen molar-refractivity contribution in [3.8, 4) is 0 Å². The third-order valence-corrected chi connectivity index (χ3v) is 3.17. The van der Waals surface area contributed by atoms with E-state index in [0.29, 0.717) is 11.4 Å². The van der Waals surface area contributed by atoms with Crippen molar-refractivity contribution in [2.75, 3.05) is 5.32 Å². The summed E-state index contributed by atoms with van der Waals surface area (Å²) in [6, 6.07) is 5.36. The van der Waals surface area contributed by atoms with Crippen molar-refractivity contribution in [1.82, 2.24) is 9.78 Å². The molecule has 0 saturated heterocycles. The molecule has 0 aliphatic heterocycles. The van der Waals surface area contributed by atoms with E-state index in [4.69, 9.17) is 0 Å². The number of nitrogens with one attached hydrogen (secondary N) is 1. The fourth-order valence-electron chi connectivity index (χ4n) is 2.00. The summed E-state index contributed by atoms with van der Waals surface area (Å²) in [7, 11) is 0. The van der Waals surface area contributed by atoms with E-state index >= 15 is 0 Å². The Labute approximate surface area is 117 Å². The van der Waals surface area contributed by atoms with Crippen LogP contribution in [0.1, 0.15) is 31.0 Å². The predicted octanol–water partition coefficient (Wildman–Crippen LogP) is 3.88. The van der Waals surface area contributed by atoms with Crippen LogP contribution in [0, 0.1) is 18.6 Å². The molecule has 20 heavy (non-hydrogen) atoms. The van der Waals surface area contributed by atoms with Gasteiger partial charge in [0.05, 0.1) is 0 Å². The van der Waals surface area contributed by atoms with Crippen LogP contribution in [0.15, 0.2) is 24.3 Å². The molecule has 0 saturated carbocycles. The lowest BCUT2D eigenvalue weighted by Crippen LogP contribution is -2.05. The van der Waals surface area contributed by atoms with Gasteiger partial charge in [0.25, 0.3) is 0 Å². The van der Waals surface area contributed by atoms with Crippen molar-refractivity contribution in [2.45, 2.75) is 39.8 Å². The molecule has 0 fully saturated rings. The van der Waals surface area contributed by atoms with E-state index in [0.717, 1.165) is 37.2 Å². The Bertz CT molecular complexity index is 578. The average molecular weight is 279 g/mol. The summed E-state index contributed by atoms with van der Waals surface area (Å²) < 4.78 is 28.5. The number of aryl methyl sites for hydroxylation is 2. The third-order valence-electron chi connectivity index (χ3n) is 3.17. The molecule has 1 N–H and O–H groups in total. The van der Waals surface area contributed by atoms with Crippen LogP contribution in [-0.4, -0.2) is 9.78 Å². The van der Waals surface area contributed by atoms with Crippen molar-refractivity contribution < 1.29 is 8.78 Å². The van der Waals surface area contributed by atoms with E-state index in [-0.39, 0.29) is 6.54 Å². The smallest absolute Gasteiger partial charge is 0.148 e. The maximum atomic E-state index is 13.5. The zero-order valence-corrected chi connectivity index (χ0v) is 11.8. The lowest BCUT2D eigenvalue weighted by atomic mass is 10.2. The van der Waals surface area contributed by atoms with Gasteiger partial charge >= 0.3 is 0 Å². The molecule has 5 heteroatoms. The number of nitrogens with zero attached hydrogens (tertiary/aromatic N) is 2. The van der Waals surface area contributed by atoms with Crippen molar-refractivity contribution >= 4 is 5.82 Å². The van der Waals surface area contributed by atoms with Gasteiger partial charge in [-0.2, -0.15) is 5.10 Å². The van der Waals surface area contributed by atoms with Gasteiger partial charge in [-0.15, -0.1) is 0 Å². The first-order valence-electron chi connectivity index (χ1n) is 6.82. The number of hydrogen-bond acceptors (Lipinski definition) is 2. The first-order chi connectivity index (χ1) is 9.60. The van der Waals surface area contributed by atoms with Gasteiger partial charge in [-0.3, -0.25) is 4.68 Å². The average Bonchev–Trinajstić information content (AvgIpc) is 2.78. The van der Waals surface area contributed by atoms with Crippen LogP contribution in [0.4, 0.5) is 14.6 Å². The van der Waals surface area contributed by atoms with E-state index in [1.165, 1.54) is 6.07 Å². The predicted molar refractivity (Wildman–Crippen MR) is 75.6 cm³/mol. The van der Waals surface area contributed by atoms with Gasteiger partial charge in [-0.25, -0.2) is 8.78 Å². The molecule has 0 aliphatic rings. The monoisotopic (exact) mass is 279 g/mol. The maximum Gasteiger partial charge on any atom is 0.148 e. The van der Waals surface area contributed by atoms with Crippen LogP contribution in [-0.2, 0) is 13.1 Å². The van der Waals surface area contributed by atoms with Gasteiger partial charge in [0, 0.05) is 30.4 Å². The van der Waals surface area contributed by atoms with Gasteiger partial charge in [-0.05, 0) is 31.5 Å². The molecule has 108 valence electrons. The maximum absolute atomic E-state index is 13.5. The molecule has 0 unspecified atom stereocenters. The molecule has 0 bridgehead atoms. The van der Waals surface area contributed by atoms with Crippen LogP contribution >= 0.6 is 0 Å². The number of rotatable bonds is 6. The molecular formula is C15H19F2N3. The molecule has 0 radical (unpaired) electrons. The Balaban J connectivity index is 2.02. The van der Waals surface area contributed by atoms with E-state index in [1.54, 1.807) is 0 Å². The Morgan fingerprint density at radius 1 is 1.25 bits per heavy atom. The Hall–Kier alpha value is -1.91. The lowest BCUT2D eigenvalue weighted by Gasteiger charge is -2.05. The zero-order valence-electron chi connectivity index (χ0n) is 11.8. The molecular weight excluding hydrogens is 260 g/mol. The largest absolute Gasteiger partial charge is 0.364 e. The molecule has 1 heterocycles. The number of anilines is 1. The highest BCUT2D eigenvalue weighted by Crippen LogP contribution is 2.14. The molecule has 2 aromatic rings. The zero-order chi connectivity index (χ0) is 14.5. The quantitative estimate of drug-likeness (QED) is 0.869. The van der Waals surface area contributed by atoms with Gasteiger partial charge in [0.1, 0.15) is 17.5 Å². The Kier molecular flexibility index (Phi) is 4.71. The van der Waals surface area contributed by atoms with Crippen molar-refractivity contribution in [3.63, 3.8) is 0 Å². The summed E-state index contributed by atoms with van der Waals surface area (Å²) in [6.45, 7) is 5.20. The molecule has 0 amide bonds. The minimum Gasteiger partial charge on any atom is -0.364 e. The van der Waals surface area contributed by atoms with Gasteiger partial charge in [0.15, 0.2) is 0 Å². The molecule has 1 aromatic heterocycles. The van der Waals surface area contributed by atoms with Crippen LogP contribution in [0.2, 0.25) is 0 Å². The van der Waals surface area contributed by atoms with E-state index in [2.05, 4.69) is 17.3 Å². The fraction of sp³-hybridized carbons (Fsp3) is 0.400. The summed E-state index contributed by atoms with van der Waals surface area (Å²) in [4.78, 5) is 0. The van der Waals surface area contributed by atoms with E-state index < -0.39 is 11.6 Å². The second-order valence-electron chi connectivity index (χ2n) is 4.84. The lowest BCUT2D eigenvalue weighted by molar-refractivity contribution is 0.559. The number of halogens is 2. The highest BCUT2D eigenvalue weighted by atomic mass is 19.1. The second kappa shape index (κ2) is 6.50. The topological polar surface area (TPSA) is 29.9 Å². The summed E-state index contributed by atoms with van der Waals surface area (Å²) in [5.74, 6) is -0.170. The van der Waals surface area contributed by atoms with Crippen LogP contribution in [0.5, 0.6) is 0 Å². The summed E-state index contributed by atoms with van der Waals surface area (Å²) in [5.41, 5.74) is 1.35. The van der Waals surface area contributed by atoms with E-state index in [9.17, 15) is 8.78 Å². The molecule has 0 spiro atoms. The SMILES string of the molecule is CCCCn1nc(NCc2cc(F)ccc2F)cc1C. The fourth-order valence-corrected chi connectivity index (χ4v) is 2.00. The number of aromatic nitrogens is 2. The van der Waals surface area contributed by atoms with Gasteiger partial charge < -0.3 is 5.32 Å². The Morgan fingerprint density at radius 3 is 2.80 bits per heavy atom. The van der Waals surface area contributed by atoms with Crippen molar-refractivity contribution in [1.29, 1.82) is 0 Å². The minimum atomic E-state index is -0.437. The van der Waals surface area contributed by atoms with Crippen LogP contribution in [0.25, 0.3) is 0 Å². The highest BCUT2D eigenvalue weighted by Gasteiger charge is 2.06. The molecule has 3 nitrogen and oxygen atoms in total. The molecule has 0 aliphatic carbocycles. The van der Waals surface area contributed by atoms with Gasteiger partial charge in [0.2, 0.25) is 0 Å². The highest BCUT2D eigenvalue weighted by molar-refractivity contribution is 5.37. The van der Waals surface area contributed by atoms with Crippen molar-refractivity contribution in [2.24, 2.45) is 0 Å². The van der Waals surface area contributed by atoms with Crippen LogP contribution in [0.3, 0.4) is 0 Å². The van der Waals surface area contributed by atoms with Gasteiger partial charge in [-0.1, -0.05) is 13.3 Å². The summed E-state index contributed by atoms with van der Waals surface area (Å²) in [5, 5.41) is 7.43. The molecule has 1 aromatic carbocycles. The molecule has 2 rings (SSSR count). The third kappa shape index (κ3) is 3.56. The normalized spacial score (nSPS) is 10.8. The molecule has 0 atom stereocenters. The number of benzene rings is 1. The first kappa shape index (κ1) is 14.5. The second-order valence-corrected chi connectivity index (χ2v) is 4.84. The first-order valence-corrected chi connectivity index (χ1v) is 6.82. The number of unbranched alkanes of at least 4 members (excludes halogenated alkanes) is 1. The van der Waals surface area contributed by atoms with Crippen LogP contribution < -0.4 is 5.32 Å². The summed E-state index contributed by atoms with van der Waals surface area (Å²) in [6.07, 6.45) is 2.18. The summed E-state index contributed by atoms with van der Waals surface area (Å²) >= 11 is 0. The Morgan fingerprint density at radius 2 is 2.05 bits per heavy atom.